The van der Waals surface area contributed by atoms with Gasteiger partial charge in [0, 0.05) is 5.56 Å². The van der Waals surface area contributed by atoms with E-state index < -0.39 is 0 Å². The van der Waals surface area contributed by atoms with Crippen LogP contribution in [0, 0.1) is 0 Å². The second-order valence-corrected chi connectivity index (χ2v) is 3.86. The van der Waals surface area contributed by atoms with Crippen molar-refractivity contribution in [2.24, 2.45) is 0 Å². The standard InChI is InChI=1S/C15H10N/c16-10-12-5-3-7-15-13-6-2-1-4-11(13)8-9-14(12)15/h1-10H. The molecule has 0 saturated carbocycles. The van der Waals surface area contributed by atoms with Crippen molar-refractivity contribution in [1.82, 2.24) is 5.41 Å². The summed E-state index contributed by atoms with van der Waals surface area (Å²) in [5.74, 6) is 0. The van der Waals surface area contributed by atoms with Gasteiger partial charge >= 0.3 is 0 Å². The number of nitrogens with zero attached hydrogens (tertiary/aromatic N) is 1. The second-order valence-electron chi connectivity index (χ2n) is 3.86. The fourth-order valence-electron chi connectivity index (χ4n) is 2.18. The molecular formula is C15H10N. The van der Waals surface area contributed by atoms with Crippen molar-refractivity contribution in [3.8, 4) is 0 Å². The van der Waals surface area contributed by atoms with E-state index >= 15 is 0 Å². The van der Waals surface area contributed by atoms with Crippen molar-refractivity contribution in [1.29, 1.82) is 0 Å². The van der Waals surface area contributed by atoms with Crippen LogP contribution in [0.25, 0.3) is 21.5 Å². The highest BCUT2D eigenvalue weighted by molar-refractivity contribution is 6.12. The fraction of sp³-hybridized carbons (Fsp3) is 0. The van der Waals surface area contributed by atoms with Crippen LogP contribution in [-0.2, 0) is 0 Å². The molecule has 0 spiro atoms. The largest absolute Gasteiger partial charge is 0.158 e. The molecule has 0 saturated heterocycles. The average Bonchev–Trinajstić information content (AvgIpc) is 2.37. The van der Waals surface area contributed by atoms with Crippen molar-refractivity contribution in [3.05, 3.63) is 60.2 Å². The van der Waals surface area contributed by atoms with Gasteiger partial charge in [-0.25, -0.2) is 0 Å². The van der Waals surface area contributed by atoms with Crippen LogP contribution in [0.15, 0.2) is 54.6 Å². The van der Waals surface area contributed by atoms with Gasteiger partial charge in [0.1, 0.15) is 0 Å². The lowest BCUT2D eigenvalue weighted by molar-refractivity contribution is 1.73. The summed E-state index contributed by atoms with van der Waals surface area (Å²) in [7, 11) is 0. The fourth-order valence-corrected chi connectivity index (χ4v) is 2.18. The first kappa shape index (κ1) is 9.10. The van der Waals surface area contributed by atoms with Gasteiger partial charge in [-0.3, -0.25) is 0 Å². The molecule has 0 atom stereocenters. The molecular weight excluding hydrogens is 194 g/mol. The van der Waals surface area contributed by atoms with Crippen molar-refractivity contribution < 1.29 is 0 Å². The predicted octanol–water partition coefficient (Wildman–Crippen LogP) is 3.21. The van der Waals surface area contributed by atoms with Crippen molar-refractivity contribution in [3.63, 3.8) is 0 Å². The highest BCUT2D eigenvalue weighted by Crippen LogP contribution is 2.26. The molecule has 0 amide bonds. The van der Waals surface area contributed by atoms with Crippen LogP contribution in [0.2, 0.25) is 0 Å². The van der Waals surface area contributed by atoms with E-state index in [0.29, 0.717) is 0 Å². The Morgan fingerprint density at radius 2 is 1.50 bits per heavy atom. The van der Waals surface area contributed by atoms with Gasteiger partial charge in [-0.1, -0.05) is 54.6 Å². The summed E-state index contributed by atoms with van der Waals surface area (Å²) in [4.78, 5) is 0. The Morgan fingerprint density at radius 3 is 2.38 bits per heavy atom. The first-order chi connectivity index (χ1) is 7.90. The third-order valence-corrected chi connectivity index (χ3v) is 2.96. The van der Waals surface area contributed by atoms with Gasteiger partial charge in [0.2, 0.25) is 0 Å². The Labute approximate surface area is 93.8 Å². The van der Waals surface area contributed by atoms with Gasteiger partial charge in [0.25, 0.3) is 0 Å². The topological polar surface area (TPSA) is 22.3 Å². The molecule has 1 radical (unpaired) electrons. The number of hydrogen-bond acceptors (Lipinski definition) is 0. The molecule has 16 heavy (non-hydrogen) atoms. The van der Waals surface area contributed by atoms with E-state index in [0.717, 1.165) is 17.2 Å². The van der Waals surface area contributed by atoms with E-state index in [4.69, 9.17) is 0 Å². The normalized spacial score (nSPS) is 10.8. The quantitative estimate of drug-likeness (QED) is 0.429. The van der Waals surface area contributed by atoms with Crippen LogP contribution >= 0.6 is 0 Å². The monoisotopic (exact) mass is 204 g/mol. The molecule has 1 heteroatoms. The van der Waals surface area contributed by atoms with Crippen LogP contribution in [0.1, 0.15) is 5.56 Å². The number of fused-ring (bicyclic) bond motifs is 3. The first-order valence-corrected chi connectivity index (χ1v) is 5.28. The van der Waals surface area contributed by atoms with Crippen molar-refractivity contribution in [2.45, 2.75) is 0 Å². The lowest BCUT2D eigenvalue weighted by Crippen LogP contribution is -1.85. The molecule has 0 aliphatic carbocycles. The van der Waals surface area contributed by atoms with Crippen LogP contribution in [0.3, 0.4) is 0 Å². The lowest BCUT2D eigenvalue weighted by Gasteiger charge is -2.05. The molecule has 0 unspecified atom stereocenters. The third kappa shape index (κ3) is 1.22. The molecule has 3 aromatic rings. The molecule has 0 N–H and O–H groups in total. The van der Waals surface area contributed by atoms with Gasteiger partial charge in [-0.05, 0) is 21.5 Å². The third-order valence-electron chi connectivity index (χ3n) is 2.96. The SMILES string of the molecule is [N]=Cc1cccc2c1ccc1ccccc12. The van der Waals surface area contributed by atoms with Crippen LogP contribution in [-0.4, -0.2) is 6.21 Å². The van der Waals surface area contributed by atoms with Gasteiger partial charge in [0.15, 0.2) is 0 Å². The smallest absolute Gasteiger partial charge is 0.0574 e. The van der Waals surface area contributed by atoms with Crippen LogP contribution in [0.5, 0.6) is 0 Å². The Balaban J connectivity index is 2.57. The summed E-state index contributed by atoms with van der Waals surface area (Å²) in [6.07, 6.45) is 1.16. The summed E-state index contributed by atoms with van der Waals surface area (Å²) in [6.45, 7) is 0. The molecule has 1 nitrogen and oxygen atoms in total. The Morgan fingerprint density at radius 1 is 0.688 bits per heavy atom. The number of benzene rings is 3. The van der Waals surface area contributed by atoms with Crippen molar-refractivity contribution >= 4 is 27.8 Å². The molecule has 0 heterocycles. The van der Waals surface area contributed by atoms with Gasteiger partial charge in [-0.15, -0.1) is 0 Å². The van der Waals surface area contributed by atoms with Gasteiger partial charge in [-0.2, -0.15) is 5.41 Å². The lowest BCUT2D eigenvalue weighted by atomic mass is 9.99. The zero-order valence-corrected chi connectivity index (χ0v) is 8.72. The minimum atomic E-state index is 0.864. The first-order valence-electron chi connectivity index (χ1n) is 5.28. The molecule has 0 fully saturated rings. The van der Waals surface area contributed by atoms with E-state index in [2.05, 4.69) is 30.3 Å². The zero-order valence-electron chi connectivity index (χ0n) is 8.72. The van der Waals surface area contributed by atoms with Crippen LogP contribution < -0.4 is 5.41 Å². The molecule has 0 bridgehead atoms. The maximum absolute atomic E-state index is 9.18. The maximum atomic E-state index is 9.18. The second kappa shape index (κ2) is 3.46. The predicted molar refractivity (Wildman–Crippen MR) is 68.8 cm³/mol. The zero-order chi connectivity index (χ0) is 11.0. The molecule has 0 aliphatic heterocycles. The number of hydrogen-bond donors (Lipinski definition) is 0. The highest BCUT2D eigenvalue weighted by atomic mass is 14.3. The Bertz CT molecular complexity index is 683. The number of rotatable bonds is 1. The highest BCUT2D eigenvalue weighted by Gasteiger charge is 2.02. The van der Waals surface area contributed by atoms with Crippen molar-refractivity contribution in [2.75, 3.05) is 0 Å². The summed E-state index contributed by atoms with van der Waals surface area (Å²) >= 11 is 0. The Hall–Kier alpha value is -2.15. The summed E-state index contributed by atoms with van der Waals surface area (Å²) in [6, 6.07) is 18.4. The minimum Gasteiger partial charge on any atom is -0.158 e. The molecule has 75 valence electrons. The van der Waals surface area contributed by atoms with E-state index in [-0.39, 0.29) is 0 Å². The van der Waals surface area contributed by atoms with E-state index in [1.54, 1.807) is 0 Å². The van der Waals surface area contributed by atoms with E-state index in [1.807, 2.05) is 24.3 Å². The molecule has 0 aliphatic rings. The average molecular weight is 204 g/mol. The summed E-state index contributed by atoms with van der Waals surface area (Å²) in [5.41, 5.74) is 0.864. The molecule has 0 aromatic heterocycles. The summed E-state index contributed by atoms with van der Waals surface area (Å²) < 4.78 is 0. The summed E-state index contributed by atoms with van der Waals surface area (Å²) in [5, 5.41) is 13.9. The van der Waals surface area contributed by atoms with Crippen LogP contribution in [0.4, 0.5) is 0 Å². The minimum absolute atomic E-state index is 0.864. The van der Waals surface area contributed by atoms with Gasteiger partial charge in [0.05, 0.1) is 6.21 Å². The van der Waals surface area contributed by atoms with E-state index in [1.165, 1.54) is 16.2 Å². The Kier molecular flexibility index (Phi) is 1.97. The van der Waals surface area contributed by atoms with E-state index in [9.17, 15) is 5.41 Å². The molecule has 3 aromatic carbocycles. The maximum Gasteiger partial charge on any atom is 0.0574 e. The molecule has 3 rings (SSSR count). The van der Waals surface area contributed by atoms with Gasteiger partial charge < -0.3 is 0 Å².